The normalized spacial score (nSPS) is 17.1. The molecule has 0 spiro atoms. The standard InChI is InChI=1S/C22H16F7N3/c23-15-7-5-13(6-8-15)16-3-1-9-30-20(16)17-4-2-10-32(17)19-12-14(21(24,25)26)11-18(31-19)22(27,28)29/h1,3,5-9,11-12,17H,2,4,10H2/t17-/m0/s1. The van der Waals surface area contributed by atoms with Gasteiger partial charge in [-0.3, -0.25) is 4.98 Å². The molecule has 0 bridgehead atoms. The maximum atomic E-state index is 13.3. The molecule has 32 heavy (non-hydrogen) atoms. The summed E-state index contributed by atoms with van der Waals surface area (Å²) in [5, 5.41) is 0. The largest absolute Gasteiger partial charge is 0.433 e. The lowest BCUT2D eigenvalue weighted by molar-refractivity contribution is -0.145. The summed E-state index contributed by atoms with van der Waals surface area (Å²) >= 11 is 0. The maximum Gasteiger partial charge on any atom is 0.433 e. The van der Waals surface area contributed by atoms with E-state index in [1.54, 1.807) is 24.3 Å². The van der Waals surface area contributed by atoms with Gasteiger partial charge in [-0.15, -0.1) is 0 Å². The third-order valence-electron chi connectivity index (χ3n) is 5.29. The molecular weight excluding hydrogens is 439 g/mol. The zero-order valence-corrected chi connectivity index (χ0v) is 16.4. The number of rotatable bonds is 3. The van der Waals surface area contributed by atoms with E-state index in [2.05, 4.69) is 9.97 Å². The Bertz CT molecular complexity index is 1080. The minimum Gasteiger partial charge on any atom is -0.348 e. The van der Waals surface area contributed by atoms with E-state index >= 15 is 0 Å². The molecule has 1 aromatic carbocycles. The van der Waals surface area contributed by atoms with Crippen LogP contribution in [0.4, 0.5) is 36.6 Å². The van der Waals surface area contributed by atoms with Crippen LogP contribution in [0.2, 0.25) is 0 Å². The van der Waals surface area contributed by atoms with Gasteiger partial charge in [0.05, 0.1) is 17.3 Å². The Morgan fingerprint density at radius 3 is 2.28 bits per heavy atom. The maximum absolute atomic E-state index is 13.3. The van der Waals surface area contributed by atoms with Crippen LogP contribution in [0, 0.1) is 5.82 Å². The quantitative estimate of drug-likeness (QED) is 0.414. The van der Waals surface area contributed by atoms with Crippen LogP contribution >= 0.6 is 0 Å². The van der Waals surface area contributed by atoms with Gasteiger partial charge in [0.25, 0.3) is 0 Å². The number of benzene rings is 1. The number of anilines is 1. The molecular formula is C22H16F7N3. The molecule has 0 saturated carbocycles. The van der Waals surface area contributed by atoms with Gasteiger partial charge >= 0.3 is 12.4 Å². The number of halogens is 7. The van der Waals surface area contributed by atoms with Gasteiger partial charge in [-0.1, -0.05) is 18.2 Å². The van der Waals surface area contributed by atoms with Crippen LogP contribution in [0.3, 0.4) is 0 Å². The van der Waals surface area contributed by atoms with Gasteiger partial charge in [0.2, 0.25) is 0 Å². The second-order valence-corrected chi connectivity index (χ2v) is 7.39. The first-order chi connectivity index (χ1) is 15.0. The molecule has 10 heteroatoms. The van der Waals surface area contributed by atoms with Gasteiger partial charge in [0.1, 0.15) is 17.3 Å². The van der Waals surface area contributed by atoms with E-state index in [0.717, 1.165) is 0 Å². The highest BCUT2D eigenvalue weighted by Crippen LogP contribution is 2.42. The lowest BCUT2D eigenvalue weighted by atomic mass is 9.98. The number of hydrogen-bond acceptors (Lipinski definition) is 3. The third kappa shape index (κ3) is 4.39. The number of nitrogens with zero attached hydrogens (tertiary/aromatic N) is 3. The van der Waals surface area contributed by atoms with E-state index in [-0.39, 0.29) is 12.6 Å². The van der Waals surface area contributed by atoms with Crippen LogP contribution in [0.1, 0.15) is 35.8 Å². The van der Waals surface area contributed by atoms with Gasteiger partial charge in [0.15, 0.2) is 0 Å². The fraction of sp³-hybridized carbons (Fsp3) is 0.273. The first-order valence-corrected chi connectivity index (χ1v) is 9.68. The molecule has 168 valence electrons. The number of pyridine rings is 2. The Balaban J connectivity index is 1.80. The van der Waals surface area contributed by atoms with Crippen LogP contribution < -0.4 is 4.90 Å². The van der Waals surface area contributed by atoms with Crippen molar-refractivity contribution in [3.8, 4) is 11.1 Å². The average Bonchev–Trinajstić information content (AvgIpc) is 3.22. The average molecular weight is 455 g/mol. The van der Waals surface area contributed by atoms with E-state index < -0.39 is 41.3 Å². The second kappa shape index (κ2) is 8.07. The van der Waals surface area contributed by atoms with Gasteiger partial charge in [-0.25, -0.2) is 9.37 Å². The van der Waals surface area contributed by atoms with Gasteiger partial charge < -0.3 is 4.90 Å². The van der Waals surface area contributed by atoms with E-state index in [9.17, 15) is 30.7 Å². The Labute approximate surface area is 178 Å². The Kier molecular flexibility index (Phi) is 5.56. The van der Waals surface area contributed by atoms with Gasteiger partial charge in [0, 0.05) is 18.3 Å². The first-order valence-electron chi connectivity index (χ1n) is 9.68. The zero-order valence-electron chi connectivity index (χ0n) is 16.4. The minimum absolute atomic E-state index is 0.0132. The molecule has 3 aromatic rings. The van der Waals surface area contributed by atoms with Crippen molar-refractivity contribution in [3.05, 3.63) is 77.5 Å². The highest BCUT2D eigenvalue weighted by atomic mass is 19.4. The van der Waals surface area contributed by atoms with Crippen molar-refractivity contribution in [2.45, 2.75) is 31.2 Å². The highest BCUT2D eigenvalue weighted by molar-refractivity contribution is 5.67. The predicted octanol–water partition coefficient (Wildman–Crippen LogP) is 6.66. The molecule has 2 aromatic heterocycles. The molecule has 0 unspecified atom stereocenters. The molecule has 0 radical (unpaired) electrons. The summed E-state index contributed by atoms with van der Waals surface area (Å²) in [4.78, 5) is 9.30. The first kappa shape index (κ1) is 22.0. The molecule has 1 aliphatic heterocycles. The van der Waals surface area contributed by atoms with Crippen molar-refractivity contribution in [2.75, 3.05) is 11.4 Å². The van der Waals surface area contributed by atoms with Crippen LogP contribution in [0.15, 0.2) is 54.7 Å². The zero-order chi connectivity index (χ0) is 23.1. The molecule has 1 saturated heterocycles. The van der Waals surface area contributed by atoms with E-state index in [0.29, 0.717) is 35.7 Å². The monoisotopic (exact) mass is 455 g/mol. The molecule has 0 N–H and O–H groups in total. The predicted molar refractivity (Wildman–Crippen MR) is 103 cm³/mol. The summed E-state index contributed by atoms with van der Waals surface area (Å²) in [6.45, 7) is 0.218. The Morgan fingerprint density at radius 1 is 0.906 bits per heavy atom. The fourth-order valence-electron chi connectivity index (χ4n) is 3.85. The molecule has 1 aliphatic rings. The molecule has 0 aliphatic carbocycles. The Hall–Kier alpha value is -3.17. The Morgan fingerprint density at radius 2 is 1.62 bits per heavy atom. The van der Waals surface area contributed by atoms with Gasteiger partial charge in [-0.05, 0) is 48.7 Å². The van der Waals surface area contributed by atoms with Crippen LogP contribution in [-0.2, 0) is 12.4 Å². The summed E-state index contributed by atoms with van der Waals surface area (Å²) < 4.78 is 93.1. The number of aromatic nitrogens is 2. The van der Waals surface area contributed by atoms with Crippen molar-refractivity contribution < 1.29 is 30.7 Å². The van der Waals surface area contributed by atoms with Crippen molar-refractivity contribution >= 4 is 5.82 Å². The molecule has 0 amide bonds. The third-order valence-corrected chi connectivity index (χ3v) is 5.29. The second-order valence-electron chi connectivity index (χ2n) is 7.39. The smallest absolute Gasteiger partial charge is 0.348 e. The van der Waals surface area contributed by atoms with Gasteiger partial charge in [-0.2, -0.15) is 26.3 Å². The highest BCUT2D eigenvalue weighted by Gasteiger charge is 2.40. The van der Waals surface area contributed by atoms with E-state index in [1.807, 2.05) is 0 Å². The van der Waals surface area contributed by atoms with Crippen LogP contribution in [-0.4, -0.2) is 16.5 Å². The van der Waals surface area contributed by atoms with Crippen molar-refractivity contribution in [2.24, 2.45) is 0 Å². The lowest BCUT2D eigenvalue weighted by Gasteiger charge is -2.28. The molecule has 3 heterocycles. The van der Waals surface area contributed by atoms with Crippen molar-refractivity contribution in [1.29, 1.82) is 0 Å². The fourth-order valence-corrected chi connectivity index (χ4v) is 3.85. The molecule has 3 nitrogen and oxygen atoms in total. The SMILES string of the molecule is Fc1ccc(-c2cccnc2[C@@H]2CCCN2c2cc(C(F)(F)F)cc(C(F)(F)F)n2)cc1. The summed E-state index contributed by atoms with van der Waals surface area (Å²) in [5.74, 6) is -0.847. The lowest BCUT2D eigenvalue weighted by Crippen LogP contribution is -2.26. The van der Waals surface area contributed by atoms with Crippen molar-refractivity contribution in [3.63, 3.8) is 0 Å². The minimum atomic E-state index is -5.03. The van der Waals surface area contributed by atoms with E-state index in [1.165, 1.54) is 23.2 Å². The molecule has 1 fully saturated rings. The number of alkyl halides is 6. The summed E-state index contributed by atoms with van der Waals surface area (Å²) in [6.07, 6.45) is -7.50. The topological polar surface area (TPSA) is 29.0 Å². The molecule has 1 atom stereocenters. The van der Waals surface area contributed by atoms with E-state index in [4.69, 9.17) is 0 Å². The van der Waals surface area contributed by atoms with Crippen LogP contribution in [0.25, 0.3) is 11.1 Å². The summed E-state index contributed by atoms with van der Waals surface area (Å²) in [7, 11) is 0. The molecule has 4 rings (SSSR count). The summed E-state index contributed by atoms with van der Waals surface area (Å²) in [6, 6.07) is 9.06. The van der Waals surface area contributed by atoms with Crippen molar-refractivity contribution in [1.82, 2.24) is 9.97 Å². The summed E-state index contributed by atoms with van der Waals surface area (Å²) in [5.41, 5.74) is -1.29. The van der Waals surface area contributed by atoms with Crippen LogP contribution in [0.5, 0.6) is 0 Å². The number of hydrogen-bond donors (Lipinski definition) is 0.